The van der Waals surface area contributed by atoms with E-state index in [2.05, 4.69) is 23.6 Å². The summed E-state index contributed by atoms with van der Waals surface area (Å²) < 4.78 is 13.9. The minimum Gasteiger partial charge on any atom is -0.493 e. The van der Waals surface area contributed by atoms with Crippen molar-refractivity contribution in [2.75, 3.05) is 13.7 Å². The number of aromatic nitrogens is 2. The number of rotatable bonds is 11. The number of benzene rings is 3. The van der Waals surface area contributed by atoms with E-state index in [4.69, 9.17) is 14.6 Å². The normalized spacial score (nSPS) is 12.8. The van der Waals surface area contributed by atoms with E-state index in [1.165, 1.54) is 0 Å². The summed E-state index contributed by atoms with van der Waals surface area (Å²) in [6.45, 7) is 9.13. The molecule has 0 saturated heterocycles. The first-order valence-corrected chi connectivity index (χ1v) is 12.0. The lowest BCUT2D eigenvalue weighted by atomic mass is 10.1. The van der Waals surface area contributed by atoms with Gasteiger partial charge in [0.25, 0.3) is 0 Å². The maximum Gasteiger partial charge on any atom is 0.227 e. The van der Waals surface area contributed by atoms with Crippen molar-refractivity contribution in [1.29, 1.82) is 0 Å². The molecule has 0 amide bonds. The molecule has 0 fully saturated rings. The van der Waals surface area contributed by atoms with Gasteiger partial charge in [-0.1, -0.05) is 66.7 Å². The summed E-state index contributed by atoms with van der Waals surface area (Å²) in [6.07, 6.45) is 1.58. The third-order valence-corrected chi connectivity index (χ3v) is 6.03. The molecule has 3 aromatic carbocycles. The van der Waals surface area contributed by atoms with Crippen molar-refractivity contribution in [3.8, 4) is 23.1 Å². The van der Waals surface area contributed by atoms with Crippen molar-refractivity contribution in [2.24, 2.45) is 0 Å². The summed E-state index contributed by atoms with van der Waals surface area (Å²) in [6, 6.07) is 27.7. The van der Waals surface area contributed by atoms with Crippen LogP contribution in [-0.2, 0) is 13.1 Å². The van der Waals surface area contributed by atoms with E-state index in [1.807, 2.05) is 84.4 Å². The van der Waals surface area contributed by atoms with E-state index in [0.29, 0.717) is 37.0 Å². The zero-order valence-corrected chi connectivity index (χ0v) is 21.1. The van der Waals surface area contributed by atoms with Gasteiger partial charge >= 0.3 is 0 Å². The number of aryl methyl sites for hydroxylation is 1. The molecule has 0 aliphatic heterocycles. The molecule has 0 radical (unpaired) electrons. The fourth-order valence-electron chi connectivity index (χ4n) is 4.13. The number of ether oxygens (including phenoxy) is 2. The molecule has 0 saturated carbocycles. The van der Waals surface area contributed by atoms with Crippen molar-refractivity contribution in [3.05, 3.63) is 114 Å². The summed E-state index contributed by atoms with van der Waals surface area (Å²) in [5, 5.41) is 15.7. The van der Waals surface area contributed by atoms with Gasteiger partial charge < -0.3 is 14.6 Å². The zero-order valence-electron chi connectivity index (χ0n) is 21.1. The lowest BCUT2D eigenvalue weighted by Gasteiger charge is -2.30. The molecule has 1 heterocycles. The van der Waals surface area contributed by atoms with Gasteiger partial charge in [-0.05, 0) is 43.7 Å². The fraction of sp³-hybridized carbons (Fsp3) is 0.233. The van der Waals surface area contributed by atoms with Gasteiger partial charge in [0.1, 0.15) is 0 Å². The van der Waals surface area contributed by atoms with Crippen LogP contribution in [0.1, 0.15) is 23.7 Å². The second kappa shape index (κ2) is 11.2. The Hall–Kier alpha value is -3.87. The van der Waals surface area contributed by atoms with Crippen molar-refractivity contribution >= 4 is 0 Å². The van der Waals surface area contributed by atoms with Crippen molar-refractivity contribution < 1.29 is 14.6 Å². The molecule has 1 aromatic heterocycles. The average Bonchev–Trinajstić information content (AvgIpc) is 3.20. The number of para-hydroxylation sites is 3. The van der Waals surface area contributed by atoms with Crippen LogP contribution in [0.15, 0.2) is 97.6 Å². The SMILES string of the molecule is C=C[C@](C)(O)CN(Cc1ccccc1)Cc1c(C)nn(-c2ccccc2)c1Oc1ccccc1OC. The Morgan fingerprint density at radius 3 is 2.19 bits per heavy atom. The van der Waals surface area contributed by atoms with Gasteiger partial charge in [0, 0.05) is 19.6 Å². The molecule has 36 heavy (non-hydrogen) atoms. The fourth-order valence-corrected chi connectivity index (χ4v) is 4.13. The van der Waals surface area contributed by atoms with Crippen molar-refractivity contribution in [2.45, 2.75) is 32.5 Å². The van der Waals surface area contributed by atoms with Crippen LogP contribution in [0.2, 0.25) is 0 Å². The molecule has 4 aromatic rings. The first-order chi connectivity index (χ1) is 17.4. The highest BCUT2D eigenvalue weighted by molar-refractivity contribution is 5.47. The molecule has 0 bridgehead atoms. The number of methoxy groups -OCH3 is 1. The minimum atomic E-state index is -1.05. The second-order valence-corrected chi connectivity index (χ2v) is 9.06. The van der Waals surface area contributed by atoms with E-state index in [-0.39, 0.29) is 0 Å². The van der Waals surface area contributed by atoms with Crippen LogP contribution in [0.5, 0.6) is 17.4 Å². The molecule has 0 spiro atoms. The summed E-state index contributed by atoms with van der Waals surface area (Å²) in [7, 11) is 1.63. The Morgan fingerprint density at radius 2 is 1.56 bits per heavy atom. The van der Waals surface area contributed by atoms with Crippen molar-refractivity contribution in [1.82, 2.24) is 14.7 Å². The summed E-state index contributed by atoms with van der Waals surface area (Å²) in [5.74, 6) is 1.85. The van der Waals surface area contributed by atoms with E-state index >= 15 is 0 Å². The second-order valence-electron chi connectivity index (χ2n) is 9.06. The van der Waals surface area contributed by atoms with Crippen LogP contribution < -0.4 is 9.47 Å². The van der Waals surface area contributed by atoms with Gasteiger partial charge in [0.15, 0.2) is 11.5 Å². The van der Waals surface area contributed by atoms with Crippen LogP contribution in [0.4, 0.5) is 0 Å². The van der Waals surface area contributed by atoms with Crippen LogP contribution in [-0.4, -0.2) is 39.0 Å². The Labute approximate surface area is 213 Å². The molecule has 4 rings (SSSR count). The van der Waals surface area contributed by atoms with E-state index in [1.54, 1.807) is 20.1 Å². The Morgan fingerprint density at radius 1 is 0.944 bits per heavy atom. The molecule has 6 nitrogen and oxygen atoms in total. The number of nitrogens with zero attached hydrogens (tertiary/aromatic N) is 3. The van der Waals surface area contributed by atoms with Gasteiger partial charge in [-0.25, -0.2) is 4.68 Å². The van der Waals surface area contributed by atoms with Gasteiger partial charge in [-0.3, -0.25) is 4.90 Å². The Bertz CT molecular complexity index is 1280. The summed E-state index contributed by atoms with van der Waals surface area (Å²) in [5.41, 5.74) is 2.77. The standard InChI is InChI=1S/C30H33N3O3/c1-5-30(3,34)22-32(20-24-14-8-6-9-15-24)21-26-23(2)31-33(25-16-10-7-11-17-25)29(26)36-28-19-13-12-18-27(28)35-4/h5-19,34H,1,20-22H2,2-4H3/t30-/m0/s1. The first kappa shape index (κ1) is 25.2. The van der Waals surface area contributed by atoms with Crippen LogP contribution in [0, 0.1) is 6.92 Å². The van der Waals surface area contributed by atoms with Crippen LogP contribution in [0.25, 0.3) is 5.69 Å². The van der Waals surface area contributed by atoms with Gasteiger partial charge in [-0.2, -0.15) is 5.10 Å². The number of hydrogen-bond donors (Lipinski definition) is 1. The highest BCUT2D eigenvalue weighted by atomic mass is 16.5. The average molecular weight is 484 g/mol. The monoisotopic (exact) mass is 483 g/mol. The third-order valence-electron chi connectivity index (χ3n) is 6.03. The van der Waals surface area contributed by atoms with E-state index in [9.17, 15) is 5.11 Å². The summed E-state index contributed by atoms with van der Waals surface area (Å²) in [4.78, 5) is 2.19. The quantitative estimate of drug-likeness (QED) is 0.268. The lowest BCUT2D eigenvalue weighted by Crippen LogP contribution is -2.38. The maximum absolute atomic E-state index is 10.8. The Balaban J connectivity index is 1.77. The van der Waals surface area contributed by atoms with Crippen LogP contribution in [0.3, 0.4) is 0 Å². The van der Waals surface area contributed by atoms with Gasteiger partial charge in [-0.15, -0.1) is 6.58 Å². The predicted molar refractivity (Wildman–Crippen MR) is 143 cm³/mol. The zero-order chi connectivity index (χ0) is 25.5. The maximum atomic E-state index is 10.8. The smallest absolute Gasteiger partial charge is 0.227 e. The number of hydrogen-bond acceptors (Lipinski definition) is 5. The molecule has 6 heteroatoms. The van der Waals surface area contributed by atoms with E-state index < -0.39 is 5.60 Å². The number of aliphatic hydroxyl groups is 1. The molecule has 0 unspecified atom stereocenters. The topological polar surface area (TPSA) is 59.8 Å². The predicted octanol–water partition coefficient (Wildman–Crippen LogP) is 5.92. The van der Waals surface area contributed by atoms with E-state index in [0.717, 1.165) is 22.5 Å². The molecule has 0 aliphatic carbocycles. The third kappa shape index (κ3) is 6.03. The molecular weight excluding hydrogens is 450 g/mol. The van der Waals surface area contributed by atoms with Gasteiger partial charge in [0.2, 0.25) is 5.88 Å². The van der Waals surface area contributed by atoms with Crippen LogP contribution >= 0.6 is 0 Å². The molecule has 186 valence electrons. The molecule has 1 N–H and O–H groups in total. The van der Waals surface area contributed by atoms with Gasteiger partial charge in [0.05, 0.1) is 29.7 Å². The molecule has 0 aliphatic rings. The Kier molecular flexibility index (Phi) is 7.88. The highest BCUT2D eigenvalue weighted by Crippen LogP contribution is 2.36. The first-order valence-electron chi connectivity index (χ1n) is 12.0. The summed E-state index contributed by atoms with van der Waals surface area (Å²) >= 11 is 0. The molecule has 1 atom stereocenters. The highest BCUT2D eigenvalue weighted by Gasteiger charge is 2.26. The largest absolute Gasteiger partial charge is 0.493 e. The minimum absolute atomic E-state index is 0.398. The van der Waals surface area contributed by atoms with Crippen molar-refractivity contribution in [3.63, 3.8) is 0 Å². The lowest BCUT2D eigenvalue weighted by molar-refractivity contribution is 0.0552. The molecular formula is C30H33N3O3.